The normalized spacial score (nSPS) is 13.4. The topological polar surface area (TPSA) is 69.7 Å². The first-order valence-electron chi connectivity index (χ1n) is 10.9. The van der Waals surface area contributed by atoms with E-state index in [4.69, 9.17) is 0 Å². The van der Waals surface area contributed by atoms with Gasteiger partial charge in [0.05, 0.1) is 12.1 Å². The van der Waals surface area contributed by atoms with E-state index in [1.807, 2.05) is 37.3 Å². The van der Waals surface area contributed by atoms with Crippen LogP contribution in [0.2, 0.25) is 0 Å². The first kappa shape index (κ1) is 22.9. The molecule has 1 aliphatic rings. The number of carbonyl (C=O) groups is 3. The van der Waals surface area contributed by atoms with Crippen molar-refractivity contribution < 1.29 is 18.8 Å². The lowest BCUT2D eigenvalue weighted by Gasteiger charge is -2.25. The smallest absolute Gasteiger partial charge is 0.278 e. The lowest BCUT2D eigenvalue weighted by atomic mass is 10.0. The van der Waals surface area contributed by atoms with Crippen LogP contribution in [-0.4, -0.2) is 29.2 Å². The van der Waals surface area contributed by atoms with Gasteiger partial charge < -0.3 is 10.2 Å². The molecule has 1 N–H and O–H groups in total. The molecule has 1 heterocycles. The molecule has 0 spiro atoms. The average Bonchev–Trinajstić information content (AvgIpc) is 3.07. The van der Waals surface area contributed by atoms with Crippen molar-refractivity contribution in [2.24, 2.45) is 0 Å². The fraction of sp³-hybridized carbons (Fsp3) is 0.148. The Morgan fingerprint density at radius 3 is 2.18 bits per heavy atom. The van der Waals surface area contributed by atoms with Gasteiger partial charge in [-0.2, -0.15) is 0 Å². The highest BCUT2D eigenvalue weighted by molar-refractivity contribution is 6.36. The summed E-state index contributed by atoms with van der Waals surface area (Å²) in [5, 5.41) is 2.69. The minimum absolute atomic E-state index is 0.173. The van der Waals surface area contributed by atoms with Crippen molar-refractivity contribution in [3.63, 3.8) is 0 Å². The van der Waals surface area contributed by atoms with Crippen LogP contribution < -0.4 is 10.2 Å². The average molecular weight is 458 g/mol. The highest BCUT2D eigenvalue weighted by atomic mass is 19.1. The number of rotatable bonds is 7. The number of hydrogen-bond acceptors (Lipinski definition) is 4. The Bertz CT molecular complexity index is 1270. The Hall–Kier alpha value is -4.26. The Balaban J connectivity index is 1.80. The molecule has 6 nitrogen and oxygen atoms in total. The lowest BCUT2D eigenvalue weighted by Crippen LogP contribution is -2.35. The van der Waals surface area contributed by atoms with Gasteiger partial charge in [0.2, 0.25) is 5.91 Å². The van der Waals surface area contributed by atoms with E-state index >= 15 is 0 Å². The van der Waals surface area contributed by atoms with Crippen molar-refractivity contribution in [2.75, 3.05) is 16.8 Å². The molecule has 0 aromatic heterocycles. The maximum atomic E-state index is 14.3. The van der Waals surface area contributed by atoms with Crippen molar-refractivity contribution in [1.82, 2.24) is 4.90 Å². The number of carbonyl (C=O) groups excluding carboxylic acids is 3. The largest absolute Gasteiger partial charge is 0.337 e. The minimum atomic E-state index is -0.495. The van der Waals surface area contributed by atoms with E-state index in [9.17, 15) is 18.8 Å². The molecule has 0 radical (unpaired) electrons. The van der Waals surface area contributed by atoms with Crippen LogP contribution in [0.25, 0.3) is 5.57 Å². The van der Waals surface area contributed by atoms with Crippen LogP contribution >= 0.6 is 0 Å². The summed E-state index contributed by atoms with van der Waals surface area (Å²) in [6.07, 6.45) is 0. The third kappa shape index (κ3) is 4.45. The number of benzene rings is 3. The number of nitrogens with zero attached hydrogens (tertiary/aromatic N) is 2. The van der Waals surface area contributed by atoms with Gasteiger partial charge in [-0.05, 0) is 42.8 Å². The molecular formula is C27H24FN3O3. The molecule has 0 atom stereocenters. The van der Waals surface area contributed by atoms with Gasteiger partial charge in [0.25, 0.3) is 11.8 Å². The van der Waals surface area contributed by atoms with Crippen molar-refractivity contribution in [2.45, 2.75) is 20.4 Å². The molecule has 0 fully saturated rings. The summed E-state index contributed by atoms with van der Waals surface area (Å²) in [6.45, 7) is 3.58. The number of anilines is 2. The summed E-state index contributed by atoms with van der Waals surface area (Å²) in [6, 6.07) is 22.2. The van der Waals surface area contributed by atoms with E-state index in [0.29, 0.717) is 17.8 Å². The van der Waals surface area contributed by atoms with E-state index in [0.717, 1.165) is 10.6 Å². The molecule has 0 saturated carbocycles. The van der Waals surface area contributed by atoms with Gasteiger partial charge in [0.15, 0.2) is 0 Å². The highest BCUT2D eigenvalue weighted by Gasteiger charge is 2.41. The zero-order valence-corrected chi connectivity index (χ0v) is 18.9. The van der Waals surface area contributed by atoms with E-state index in [1.54, 1.807) is 47.4 Å². The predicted octanol–water partition coefficient (Wildman–Crippen LogP) is 4.59. The van der Waals surface area contributed by atoms with Crippen LogP contribution in [-0.2, 0) is 20.9 Å². The summed E-state index contributed by atoms with van der Waals surface area (Å²) in [5.74, 6) is -1.67. The zero-order chi connectivity index (χ0) is 24.2. The summed E-state index contributed by atoms with van der Waals surface area (Å²) in [5.41, 5.74) is 2.61. The molecule has 3 amide bonds. The van der Waals surface area contributed by atoms with Crippen LogP contribution in [0.4, 0.5) is 15.8 Å². The van der Waals surface area contributed by atoms with Crippen molar-refractivity contribution in [3.05, 3.63) is 102 Å². The predicted molar refractivity (Wildman–Crippen MR) is 129 cm³/mol. The summed E-state index contributed by atoms with van der Waals surface area (Å²) < 4.78 is 14.3. The second-order valence-electron chi connectivity index (χ2n) is 7.85. The van der Waals surface area contributed by atoms with Gasteiger partial charge in [0.1, 0.15) is 11.5 Å². The minimum Gasteiger partial charge on any atom is -0.337 e. The molecule has 34 heavy (non-hydrogen) atoms. The molecule has 7 heteroatoms. The lowest BCUT2D eigenvalue weighted by molar-refractivity contribution is -0.137. The van der Waals surface area contributed by atoms with Crippen LogP contribution in [0.1, 0.15) is 25.0 Å². The monoisotopic (exact) mass is 457 g/mol. The highest BCUT2D eigenvalue weighted by Crippen LogP contribution is 2.35. The second kappa shape index (κ2) is 9.70. The Morgan fingerprint density at radius 2 is 1.56 bits per heavy atom. The van der Waals surface area contributed by atoms with Crippen LogP contribution in [0.3, 0.4) is 0 Å². The fourth-order valence-electron chi connectivity index (χ4n) is 4.02. The van der Waals surface area contributed by atoms with E-state index in [2.05, 4.69) is 5.32 Å². The van der Waals surface area contributed by atoms with Gasteiger partial charge in [-0.25, -0.2) is 4.39 Å². The number of amides is 3. The SMILES string of the molecule is CCN(C1=C(c2ccc(NC(C)=O)cc2)C(=O)N(Cc2ccccc2F)C1=O)c1ccccc1. The first-order valence-corrected chi connectivity index (χ1v) is 10.9. The molecule has 3 aromatic carbocycles. The van der Waals surface area contributed by atoms with Gasteiger partial charge in [-0.15, -0.1) is 0 Å². The van der Waals surface area contributed by atoms with Crippen molar-refractivity contribution >= 4 is 34.7 Å². The summed E-state index contributed by atoms with van der Waals surface area (Å²) in [7, 11) is 0. The number of hydrogen-bond donors (Lipinski definition) is 1. The summed E-state index contributed by atoms with van der Waals surface area (Å²) in [4.78, 5) is 41.5. The maximum absolute atomic E-state index is 14.3. The Kier molecular flexibility index (Phi) is 6.54. The van der Waals surface area contributed by atoms with E-state index in [1.165, 1.54) is 13.0 Å². The molecule has 0 bridgehead atoms. The fourth-order valence-corrected chi connectivity index (χ4v) is 4.02. The number of imide groups is 1. The molecule has 0 saturated heterocycles. The van der Waals surface area contributed by atoms with Gasteiger partial charge in [-0.1, -0.05) is 48.5 Å². The van der Waals surface area contributed by atoms with Gasteiger partial charge >= 0.3 is 0 Å². The Morgan fingerprint density at radius 1 is 0.912 bits per heavy atom. The molecule has 0 unspecified atom stereocenters. The van der Waals surface area contributed by atoms with Crippen LogP contribution in [0.15, 0.2) is 84.6 Å². The number of para-hydroxylation sites is 1. The third-order valence-corrected chi connectivity index (χ3v) is 5.58. The molecule has 1 aliphatic heterocycles. The molecule has 3 aromatic rings. The van der Waals surface area contributed by atoms with E-state index in [-0.39, 0.29) is 29.3 Å². The van der Waals surface area contributed by atoms with Crippen molar-refractivity contribution in [1.29, 1.82) is 0 Å². The third-order valence-electron chi connectivity index (χ3n) is 5.58. The van der Waals surface area contributed by atoms with Crippen LogP contribution in [0.5, 0.6) is 0 Å². The van der Waals surface area contributed by atoms with E-state index < -0.39 is 17.6 Å². The van der Waals surface area contributed by atoms with Gasteiger partial charge in [-0.3, -0.25) is 19.3 Å². The standard InChI is InChI=1S/C27H24FN3O3/c1-3-30(22-10-5-4-6-11-22)25-24(19-13-15-21(16-14-19)29-18(2)32)26(33)31(27(25)34)17-20-9-7-8-12-23(20)28/h4-16H,3,17H2,1-2H3,(H,29,32). The second-order valence-corrected chi connectivity index (χ2v) is 7.85. The molecule has 0 aliphatic carbocycles. The molecular weight excluding hydrogens is 433 g/mol. The number of halogens is 1. The Labute approximate surface area is 197 Å². The quantitative estimate of drug-likeness (QED) is 0.527. The molecule has 172 valence electrons. The van der Waals surface area contributed by atoms with Gasteiger partial charge in [0, 0.05) is 30.4 Å². The van der Waals surface area contributed by atoms with Crippen LogP contribution in [0, 0.1) is 5.82 Å². The zero-order valence-electron chi connectivity index (χ0n) is 18.9. The maximum Gasteiger partial charge on any atom is 0.278 e. The first-order chi connectivity index (χ1) is 16.4. The molecule has 4 rings (SSSR count). The van der Waals surface area contributed by atoms with Crippen molar-refractivity contribution in [3.8, 4) is 0 Å². The number of nitrogens with one attached hydrogen (secondary N) is 1. The summed E-state index contributed by atoms with van der Waals surface area (Å²) >= 11 is 0. The number of likely N-dealkylation sites (N-methyl/N-ethyl adjacent to an activating group) is 1.